The monoisotopic (exact) mass is 385 g/mol. The molecule has 2 aliphatic rings. The Hall–Kier alpha value is -2.34. The SMILES string of the molecule is O=C1c2ccccc2N(CCOc2ccc(Br)cc2)C2=NCCN12. The fraction of sp³-hybridized carbons (Fsp3) is 0.222. The Morgan fingerprint density at radius 1 is 1.12 bits per heavy atom. The second-order valence-electron chi connectivity index (χ2n) is 5.61. The fourth-order valence-corrected chi connectivity index (χ4v) is 3.27. The highest BCUT2D eigenvalue weighted by atomic mass is 79.9. The molecule has 4 rings (SSSR count). The predicted octanol–water partition coefficient (Wildman–Crippen LogP) is 3.16. The predicted molar refractivity (Wildman–Crippen MR) is 96.8 cm³/mol. The Kier molecular flexibility index (Phi) is 3.98. The van der Waals surface area contributed by atoms with Crippen LogP contribution in [0.4, 0.5) is 5.69 Å². The topological polar surface area (TPSA) is 45.1 Å². The van der Waals surface area contributed by atoms with Crippen molar-refractivity contribution in [3.63, 3.8) is 0 Å². The van der Waals surface area contributed by atoms with E-state index in [1.54, 1.807) is 4.90 Å². The Labute approximate surface area is 148 Å². The first-order chi connectivity index (χ1) is 11.7. The number of carbonyl (C=O) groups excluding carboxylic acids is 1. The van der Waals surface area contributed by atoms with Crippen LogP contribution in [0.15, 0.2) is 58.0 Å². The molecule has 0 radical (unpaired) electrons. The Morgan fingerprint density at radius 2 is 1.92 bits per heavy atom. The molecule has 2 aromatic rings. The van der Waals surface area contributed by atoms with Crippen LogP contribution < -0.4 is 9.64 Å². The Bertz CT molecular complexity index is 804. The van der Waals surface area contributed by atoms with Gasteiger partial charge in [-0.15, -0.1) is 0 Å². The van der Waals surface area contributed by atoms with Crippen LogP contribution in [0, 0.1) is 0 Å². The molecule has 5 nitrogen and oxygen atoms in total. The van der Waals surface area contributed by atoms with E-state index in [9.17, 15) is 4.79 Å². The summed E-state index contributed by atoms with van der Waals surface area (Å²) in [5.41, 5.74) is 1.63. The van der Waals surface area contributed by atoms with Crippen molar-refractivity contribution in [1.82, 2.24) is 4.90 Å². The van der Waals surface area contributed by atoms with Gasteiger partial charge in [0.2, 0.25) is 5.96 Å². The molecule has 2 aliphatic heterocycles. The number of benzene rings is 2. The number of guanidine groups is 1. The summed E-state index contributed by atoms with van der Waals surface area (Å²) in [5, 5.41) is 0. The number of fused-ring (bicyclic) bond motifs is 2. The number of amides is 1. The number of nitrogens with zero attached hydrogens (tertiary/aromatic N) is 3. The molecule has 0 atom stereocenters. The van der Waals surface area contributed by atoms with Gasteiger partial charge in [0.05, 0.1) is 24.3 Å². The highest BCUT2D eigenvalue weighted by Crippen LogP contribution is 2.30. The number of aliphatic imine (C=N–C) groups is 1. The molecule has 0 saturated carbocycles. The summed E-state index contributed by atoms with van der Waals surface area (Å²) in [6.45, 7) is 2.44. The van der Waals surface area contributed by atoms with Crippen LogP contribution in [0.5, 0.6) is 5.75 Å². The molecule has 24 heavy (non-hydrogen) atoms. The quantitative estimate of drug-likeness (QED) is 0.811. The van der Waals surface area contributed by atoms with Crippen molar-refractivity contribution in [2.75, 3.05) is 31.1 Å². The third kappa shape index (κ3) is 2.67. The molecule has 0 saturated heterocycles. The van der Waals surface area contributed by atoms with Crippen molar-refractivity contribution in [2.24, 2.45) is 4.99 Å². The molecule has 0 aromatic heterocycles. The van der Waals surface area contributed by atoms with Gasteiger partial charge in [-0.05, 0) is 36.4 Å². The van der Waals surface area contributed by atoms with E-state index in [-0.39, 0.29) is 5.91 Å². The highest BCUT2D eigenvalue weighted by molar-refractivity contribution is 9.10. The molecular formula is C18H16BrN3O2. The van der Waals surface area contributed by atoms with E-state index in [0.717, 1.165) is 27.4 Å². The van der Waals surface area contributed by atoms with E-state index in [1.807, 2.05) is 48.5 Å². The van der Waals surface area contributed by atoms with E-state index in [1.165, 1.54) is 0 Å². The zero-order chi connectivity index (χ0) is 16.5. The third-order valence-corrected chi connectivity index (χ3v) is 4.66. The summed E-state index contributed by atoms with van der Waals surface area (Å²) in [5.74, 6) is 1.59. The van der Waals surface area contributed by atoms with Gasteiger partial charge in [-0.1, -0.05) is 28.1 Å². The lowest BCUT2D eigenvalue weighted by Crippen LogP contribution is -2.51. The summed E-state index contributed by atoms with van der Waals surface area (Å²) in [6, 6.07) is 15.4. The van der Waals surface area contributed by atoms with Gasteiger partial charge in [-0.2, -0.15) is 0 Å². The lowest BCUT2D eigenvalue weighted by Gasteiger charge is -2.35. The van der Waals surface area contributed by atoms with E-state index in [2.05, 4.69) is 25.8 Å². The number of rotatable bonds is 4. The first kappa shape index (κ1) is 15.2. The summed E-state index contributed by atoms with van der Waals surface area (Å²) in [6.07, 6.45) is 0. The van der Waals surface area contributed by atoms with Crippen molar-refractivity contribution in [2.45, 2.75) is 0 Å². The number of hydrogen-bond acceptors (Lipinski definition) is 4. The van der Waals surface area contributed by atoms with Gasteiger partial charge in [-0.3, -0.25) is 14.7 Å². The summed E-state index contributed by atoms with van der Waals surface area (Å²) in [4.78, 5) is 20.9. The largest absolute Gasteiger partial charge is 0.492 e. The second-order valence-corrected chi connectivity index (χ2v) is 6.53. The van der Waals surface area contributed by atoms with E-state index < -0.39 is 0 Å². The normalized spacial score (nSPS) is 15.9. The van der Waals surface area contributed by atoms with Crippen LogP contribution >= 0.6 is 15.9 Å². The molecule has 122 valence electrons. The summed E-state index contributed by atoms with van der Waals surface area (Å²) >= 11 is 3.41. The number of hydrogen-bond donors (Lipinski definition) is 0. The van der Waals surface area contributed by atoms with Gasteiger partial charge < -0.3 is 9.64 Å². The zero-order valence-corrected chi connectivity index (χ0v) is 14.6. The maximum absolute atomic E-state index is 12.6. The van der Waals surface area contributed by atoms with E-state index >= 15 is 0 Å². The number of anilines is 1. The van der Waals surface area contributed by atoms with Gasteiger partial charge in [-0.25, -0.2) is 0 Å². The standard InChI is InChI=1S/C18H16BrN3O2/c19-13-5-7-14(8-6-13)24-12-11-21-16-4-2-1-3-15(16)17(23)22-10-9-20-18(21)22/h1-8H,9-12H2. The lowest BCUT2D eigenvalue weighted by molar-refractivity contribution is 0.0851. The fourth-order valence-electron chi connectivity index (χ4n) is 3.01. The van der Waals surface area contributed by atoms with Crippen LogP contribution in [0.3, 0.4) is 0 Å². The van der Waals surface area contributed by atoms with Crippen molar-refractivity contribution in [3.8, 4) is 5.75 Å². The Balaban J connectivity index is 1.54. The highest BCUT2D eigenvalue weighted by Gasteiger charge is 2.36. The van der Waals surface area contributed by atoms with E-state index in [0.29, 0.717) is 26.2 Å². The van der Waals surface area contributed by atoms with Gasteiger partial charge in [0.1, 0.15) is 12.4 Å². The minimum Gasteiger partial charge on any atom is -0.492 e. The van der Waals surface area contributed by atoms with Gasteiger partial charge >= 0.3 is 0 Å². The molecule has 0 fully saturated rings. The maximum atomic E-state index is 12.6. The molecule has 1 amide bonds. The van der Waals surface area contributed by atoms with Crippen LogP contribution in [0.25, 0.3) is 0 Å². The van der Waals surface area contributed by atoms with Crippen LogP contribution in [0.1, 0.15) is 10.4 Å². The van der Waals surface area contributed by atoms with Crippen LogP contribution in [-0.4, -0.2) is 43.0 Å². The molecule has 2 aromatic carbocycles. The number of ether oxygens (including phenoxy) is 1. The molecule has 0 unspecified atom stereocenters. The first-order valence-corrected chi connectivity index (χ1v) is 8.64. The van der Waals surface area contributed by atoms with Gasteiger partial charge in [0.15, 0.2) is 0 Å². The molecule has 2 heterocycles. The van der Waals surface area contributed by atoms with E-state index in [4.69, 9.17) is 4.74 Å². The zero-order valence-electron chi connectivity index (χ0n) is 13.0. The molecule has 0 aliphatic carbocycles. The molecule has 6 heteroatoms. The average molecular weight is 386 g/mol. The number of para-hydroxylation sites is 1. The van der Waals surface area contributed by atoms with Crippen LogP contribution in [-0.2, 0) is 0 Å². The second kappa shape index (κ2) is 6.28. The minimum atomic E-state index is 0.0342. The van der Waals surface area contributed by atoms with Crippen molar-refractivity contribution >= 4 is 33.5 Å². The summed E-state index contributed by atoms with van der Waals surface area (Å²) in [7, 11) is 0. The van der Waals surface area contributed by atoms with Crippen molar-refractivity contribution in [3.05, 3.63) is 58.6 Å². The minimum absolute atomic E-state index is 0.0342. The number of halogens is 1. The smallest absolute Gasteiger partial charge is 0.262 e. The van der Waals surface area contributed by atoms with Crippen molar-refractivity contribution in [1.29, 1.82) is 0 Å². The van der Waals surface area contributed by atoms with Gasteiger partial charge in [0, 0.05) is 11.0 Å². The number of carbonyl (C=O) groups is 1. The lowest BCUT2D eigenvalue weighted by atomic mass is 10.1. The Morgan fingerprint density at radius 3 is 2.75 bits per heavy atom. The average Bonchev–Trinajstić information content (AvgIpc) is 3.09. The van der Waals surface area contributed by atoms with Gasteiger partial charge in [0.25, 0.3) is 5.91 Å². The molecular weight excluding hydrogens is 370 g/mol. The molecule has 0 N–H and O–H groups in total. The summed E-state index contributed by atoms with van der Waals surface area (Å²) < 4.78 is 6.86. The van der Waals surface area contributed by atoms with Crippen LogP contribution in [0.2, 0.25) is 0 Å². The van der Waals surface area contributed by atoms with Crippen molar-refractivity contribution < 1.29 is 9.53 Å². The maximum Gasteiger partial charge on any atom is 0.262 e. The third-order valence-electron chi connectivity index (χ3n) is 4.13. The first-order valence-electron chi connectivity index (χ1n) is 7.85. The molecule has 0 bridgehead atoms. The molecule has 0 spiro atoms.